The molecule has 6 saturated carbocycles. The van der Waals surface area contributed by atoms with Crippen LogP contribution in [0.25, 0.3) is 0 Å². The Hall–Kier alpha value is -1.06. The highest BCUT2D eigenvalue weighted by Crippen LogP contribution is 2.61. The van der Waals surface area contributed by atoms with Gasteiger partial charge in [-0.15, -0.1) is 0 Å². The second-order valence-corrected chi connectivity index (χ2v) is 10.3. The topological polar surface area (TPSA) is 58.2 Å². The smallest absolute Gasteiger partial charge is 0.238 e. The van der Waals surface area contributed by atoms with Gasteiger partial charge in [-0.3, -0.25) is 20.4 Å². The summed E-state index contributed by atoms with van der Waals surface area (Å²) in [5.41, 5.74) is 5.69. The van der Waals surface area contributed by atoms with Crippen molar-refractivity contribution < 1.29 is 9.59 Å². The molecule has 0 aromatic heterocycles. The summed E-state index contributed by atoms with van der Waals surface area (Å²) in [5.74, 6) is 4.83. The predicted molar refractivity (Wildman–Crippen MR) is 95.1 cm³/mol. The van der Waals surface area contributed by atoms with E-state index >= 15 is 0 Å². The Kier molecular flexibility index (Phi) is 3.87. The van der Waals surface area contributed by atoms with E-state index in [4.69, 9.17) is 0 Å². The average molecular weight is 344 g/mol. The maximum absolute atomic E-state index is 12.5. The lowest BCUT2D eigenvalue weighted by atomic mass is 9.49. The molecule has 6 aliphatic rings. The van der Waals surface area contributed by atoms with Crippen molar-refractivity contribution in [1.29, 1.82) is 0 Å². The molecule has 0 saturated heterocycles. The summed E-state index contributed by atoms with van der Waals surface area (Å²) in [6.45, 7) is 0. The van der Waals surface area contributed by atoms with Gasteiger partial charge < -0.3 is 0 Å². The molecule has 0 aromatic rings. The van der Waals surface area contributed by atoms with E-state index in [1.165, 1.54) is 64.2 Å². The highest BCUT2D eigenvalue weighted by Gasteiger charge is 2.51. The Balaban J connectivity index is 1.10. The van der Waals surface area contributed by atoms with Gasteiger partial charge in [-0.1, -0.05) is 6.42 Å². The molecule has 6 rings (SSSR count). The van der Waals surface area contributed by atoms with Crippen molar-refractivity contribution in [2.45, 2.75) is 77.0 Å². The maximum atomic E-state index is 12.5. The molecule has 0 unspecified atom stereocenters. The van der Waals surface area contributed by atoms with Crippen LogP contribution in [0, 0.1) is 40.9 Å². The molecule has 4 heteroatoms. The molecule has 2 N–H and O–H groups in total. The number of hydrazine groups is 1. The maximum Gasteiger partial charge on any atom is 0.238 e. The van der Waals surface area contributed by atoms with E-state index in [0.717, 1.165) is 29.6 Å². The molecule has 25 heavy (non-hydrogen) atoms. The van der Waals surface area contributed by atoms with E-state index < -0.39 is 0 Å². The highest BCUT2D eigenvalue weighted by atomic mass is 16.2. The largest absolute Gasteiger partial charge is 0.273 e. The zero-order chi connectivity index (χ0) is 17.0. The SMILES string of the molecule is O=C(C[C@H]1C[C@@H]2CC[C@H]1C2)NNC(=O)CC12CC3CC(CC(C3)C1)C2. The minimum atomic E-state index is 0.0106. The van der Waals surface area contributed by atoms with Gasteiger partial charge in [0.2, 0.25) is 11.8 Å². The lowest BCUT2D eigenvalue weighted by molar-refractivity contribution is -0.134. The first kappa shape index (κ1) is 16.1. The summed E-state index contributed by atoms with van der Waals surface area (Å²) >= 11 is 0. The van der Waals surface area contributed by atoms with Crippen LogP contribution in [0.4, 0.5) is 0 Å². The lowest BCUT2D eigenvalue weighted by Gasteiger charge is -2.56. The predicted octanol–water partition coefficient (Wildman–Crippen LogP) is 3.57. The van der Waals surface area contributed by atoms with Crippen LogP contribution in [0.2, 0.25) is 0 Å². The van der Waals surface area contributed by atoms with Crippen LogP contribution < -0.4 is 10.9 Å². The van der Waals surface area contributed by atoms with Gasteiger partial charge in [-0.05, 0) is 98.7 Å². The minimum absolute atomic E-state index is 0.0106. The van der Waals surface area contributed by atoms with Crippen molar-refractivity contribution in [3.05, 3.63) is 0 Å². The summed E-state index contributed by atoms with van der Waals surface area (Å²) in [4.78, 5) is 24.7. The van der Waals surface area contributed by atoms with Crippen molar-refractivity contribution in [1.82, 2.24) is 10.9 Å². The summed E-state index contributed by atoms with van der Waals surface area (Å²) in [5, 5.41) is 0. The van der Waals surface area contributed by atoms with Gasteiger partial charge in [0.05, 0.1) is 0 Å². The zero-order valence-electron chi connectivity index (χ0n) is 15.3. The molecule has 6 bridgehead atoms. The molecule has 3 atom stereocenters. The van der Waals surface area contributed by atoms with Gasteiger partial charge >= 0.3 is 0 Å². The molecule has 0 heterocycles. The van der Waals surface area contributed by atoms with E-state index in [1.807, 2.05) is 0 Å². The molecule has 0 spiro atoms. The Morgan fingerprint density at radius 1 is 0.760 bits per heavy atom. The first-order valence-electron chi connectivity index (χ1n) is 10.6. The molecule has 2 amide bonds. The normalized spacial score (nSPS) is 46.4. The number of rotatable bonds is 4. The van der Waals surface area contributed by atoms with Gasteiger partial charge in [-0.25, -0.2) is 0 Å². The molecular weight excluding hydrogens is 312 g/mol. The Morgan fingerprint density at radius 3 is 1.96 bits per heavy atom. The minimum Gasteiger partial charge on any atom is -0.273 e. The fraction of sp³-hybridized carbons (Fsp3) is 0.905. The fourth-order valence-electron chi connectivity index (χ4n) is 7.95. The van der Waals surface area contributed by atoms with Crippen LogP contribution >= 0.6 is 0 Å². The molecule has 0 aliphatic heterocycles. The summed E-state index contributed by atoms with van der Waals surface area (Å²) in [7, 11) is 0. The third-order valence-corrected chi connectivity index (χ3v) is 8.37. The van der Waals surface area contributed by atoms with Crippen molar-refractivity contribution in [3.63, 3.8) is 0 Å². The molecule has 0 radical (unpaired) electrons. The molecule has 6 aliphatic carbocycles. The third kappa shape index (κ3) is 3.10. The molecule has 6 fully saturated rings. The second-order valence-electron chi connectivity index (χ2n) is 10.3. The lowest BCUT2D eigenvalue weighted by Crippen LogP contribution is -2.50. The number of nitrogens with one attached hydrogen (secondary N) is 2. The standard InChI is InChI=1S/C21H32N2O2/c24-19(8-18-7-13-1-2-17(18)6-13)22-23-20(25)12-21-9-14-3-15(10-21)5-16(4-14)11-21/h13-18H,1-12H2,(H,22,24)(H,23,25)/t13-,14?,15?,16?,17+,18-,21?/m1/s1. The molecule has 138 valence electrons. The van der Waals surface area contributed by atoms with Gasteiger partial charge in [0.1, 0.15) is 0 Å². The first-order chi connectivity index (χ1) is 12.1. The monoisotopic (exact) mass is 344 g/mol. The summed E-state index contributed by atoms with van der Waals surface area (Å²) < 4.78 is 0. The number of carbonyl (C=O) groups is 2. The van der Waals surface area contributed by atoms with Crippen LogP contribution in [0.15, 0.2) is 0 Å². The third-order valence-electron chi connectivity index (χ3n) is 8.37. The van der Waals surface area contributed by atoms with E-state index in [9.17, 15) is 9.59 Å². The van der Waals surface area contributed by atoms with Crippen LogP contribution in [-0.4, -0.2) is 11.8 Å². The second kappa shape index (κ2) is 5.99. The van der Waals surface area contributed by atoms with E-state index in [-0.39, 0.29) is 17.2 Å². The number of hydrogen-bond acceptors (Lipinski definition) is 2. The average Bonchev–Trinajstić information content (AvgIpc) is 3.14. The van der Waals surface area contributed by atoms with Gasteiger partial charge in [0, 0.05) is 12.8 Å². The van der Waals surface area contributed by atoms with Crippen molar-refractivity contribution in [2.75, 3.05) is 0 Å². The number of amides is 2. The van der Waals surface area contributed by atoms with Gasteiger partial charge in [-0.2, -0.15) is 0 Å². The van der Waals surface area contributed by atoms with E-state index in [1.54, 1.807) is 0 Å². The molecular formula is C21H32N2O2. The van der Waals surface area contributed by atoms with Crippen molar-refractivity contribution in [2.24, 2.45) is 40.9 Å². The quantitative estimate of drug-likeness (QED) is 0.766. The van der Waals surface area contributed by atoms with Crippen LogP contribution in [0.1, 0.15) is 77.0 Å². The number of hydrogen-bond donors (Lipinski definition) is 2. The van der Waals surface area contributed by atoms with Crippen LogP contribution in [-0.2, 0) is 9.59 Å². The zero-order valence-corrected chi connectivity index (χ0v) is 15.3. The number of carbonyl (C=O) groups excluding carboxylic acids is 2. The molecule has 0 aromatic carbocycles. The van der Waals surface area contributed by atoms with Gasteiger partial charge in [0.25, 0.3) is 0 Å². The number of fused-ring (bicyclic) bond motifs is 2. The highest BCUT2D eigenvalue weighted by molar-refractivity contribution is 5.82. The Labute approximate surface area is 150 Å². The van der Waals surface area contributed by atoms with Crippen molar-refractivity contribution >= 4 is 11.8 Å². The van der Waals surface area contributed by atoms with Crippen LogP contribution in [0.3, 0.4) is 0 Å². The summed E-state index contributed by atoms with van der Waals surface area (Å²) in [6.07, 6.45) is 14.4. The van der Waals surface area contributed by atoms with Gasteiger partial charge in [0.15, 0.2) is 0 Å². The van der Waals surface area contributed by atoms with E-state index in [0.29, 0.717) is 18.8 Å². The fourth-order valence-corrected chi connectivity index (χ4v) is 7.95. The Bertz CT molecular complexity index is 537. The molecule has 4 nitrogen and oxygen atoms in total. The Morgan fingerprint density at radius 2 is 1.40 bits per heavy atom. The van der Waals surface area contributed by atoms with Crippen molar-refractivity contribution in [3.8, 4) is 0 Å². The van der Waals surface area contributed by atoms with E-state index in [2.05, 4.69) is 10.9 Å². The van der Waals surface area contributed by atoms with Crippen LogP contribution in [0.5, 0.6) is 0 Å². The first-order valence-corrected chi connectivity index (χ1v) is 10.6. The summed E-state index contributed by atoms with van der Waals surface area (Å²) in [6, 6.07) is 0.